The number of aromatic nitrogens is 2. The maximum atomic E-state index is 10.2. The van der Waals surface area contributed by atoms with Crippen molar-refractivity contribution in [3.63, 3.8) is 0 Å². The van der Waals surface area contributed by atoms with Crippen LogP contribution in [0, 0.1) is 19.8 Å². The zero-order valence-corrected chi connectivity index (χ0v) is 12.9. The van der Waals surface area contributed by atoms with Crippen molar-refractivity contribution in [2.24, 2.45) is 5.92 Å². The van der Waals surface area contributed by atoms with Crippen molar-refractivity contribution in [1.82, 2.24) is 15.1 Å². The van der Waals surface area contributed by atoms with Crippen LogP contribution in [0.3, 0.4) is 0 Å². The van der Waals surface area contributed by atoms with E-state index in [9.17, 15) is 5.11 Å². The van der Waals surface area contributed by atoms with Crippen LogP contribution in [0.15, 0.2) is 14.9 Å². The fourth-order valence-electron chi connectivity index (χ4n) is 2.67. The number of furan rings is 1. The van der Waals surface area contributed by atoms with Crippen LogP contribution < -0.4 is 0 Å². The predicted octanol–water partition coefficient (Wildman–Crippen LogP) is 2.15. The third-order valence-corrected chi connectivity index (χ3v) is 4.17. The van der Waals surface area contributed by atoms with Crippen LogP contribution in [0.4, 0.5) is 0 Å². The zero-order valence-electron chi connectivity index (χ0n) is 12.9. The lowest BCUT2D eigenvalue weighted by Gasteiger charge is -2.48. The van der Waals surface area contributed by atoms with E-state index in [1.807, 2.05) is 33.8 Å². The molecule has 2 aromatic heterocycles. The van der Waals surface area contributed by atoms with Crippen molar-refractivity contribution >= 4 is 0 Å². The fourth-order valence-corrected chi connectivity index (χ4v) is 2.67. The van der Waals surface area contributed by atoms with Crippen LogP contribution in [0.25, 0.3) is 11.5 Å². The Kier molecular flexibility index (Phi) is 3.37. The van der Waals surface area contributed by atoms with Crippen LogP contribution in [-0.2, 0) is 6.54 Å². The molecule has 2 aromatic rings. The highest BCUT2D eigenvalue weighted by Gasteiger charge is 2.43. The Morgan fingerprint density at radius 3 is 2.57 bits per heavy atom. The lowest BCUT2D eigenvalue weighted by molar-refractivity contribution is -0.132. The summed E-state index contributed by atoms with van der Waals surface area (Å²) in [4.78, 5) is 2.10. The third-order valence-electron chi connectivity index (χ3n) is 4.17. The molecule has 1 aliphatic heterocycles. The monoisotopic (exact) mass is 291 g/mol. The molecule has 0 spiro atoms. The van der Waals surface area contributed by atoms with Gasteiger partial charge in [-0.05, 0) is 25.8 Å². The molecule has 0 unspecified atom stereocenters. The Bertz CT molecular complexity index is 638. The molecule has 0 radical (unpaired) electrons. The minimum atomic E-state index is -0.582. The van der Waals surface area contributed by atoms with E-state index in [-0.39, 0.29) is 5.92 Å². The smallest absolute Gasteiger partial charge is 0.251 e. The van der Waals surface area contributed by atoms with Gasteiger partial charge in [-0.25, -0.2) is 0 Å². The summed E-state index contributed by atoms with van der Waals surface area (Å²) in [5.41, 5.74) is 0.259. The van der Waals surface area contributed by atoms with E-state index >= 15 is 0 Å². The second-order valence-corrected chi connectivity index (χ2v) is 6.23. The predicted molar refractivity (Wildman–Crippen MR) is 76.5 cm³/mol. The van der Waals surface area contributed by atoms with Gasteiger partial charge in [0.25, 0.3) is 5.89 Å². The Hall–Kier alpha value is -1.66. The molecule has 114 valence electrons. The number of likely N-dealkylation sites (tertiary alicyclic amines) is 1. The number of hydrogen-bond acceptors (Lipinski definition) is 6. The van der Waals surface area contributed by atoms with E-state index in [1.54, 1.807) is 0 Å². The van der Waals surface area contributed by atoms with Crippen molar-refractivity contribution in [3.05, 3.63) is 23.5 Å². The number of hydrogen-bond donors (Lipinski definition) is 1. The Morgan fingerprint density at radius 1 is 1.29 bits per heavy atom. The molecule has 21 heavy (non-hydrogen) atoms. The highest BCUT2D eigenvalue weighted by Crippen LogP contribution is 2.30. The van der Waals surface area contributed by atoms with E-state index in [0.717, 1.165) is 17.1 Å². The van der Waals surface area contributed by atoms with Crippen molar-refractivity contribution < 1.29 is 13.9 Å². The highest BCUT2D eigenvalue weighted by molar-refractivity contribution is 5.55. The van der Waals surface area contributed by atoms with E-state index in [1.165, 1.54) is 0 Å². The number of β-amino-alcohol motifs (C(OH)–C–C–N with tert-alkyl or cyclic N) is 1. The molecule has 3 heterocycles. The van der Waals surface area contributed by atoms with Gasteiger partial charge >= 0.3 is 0 Å². The Balaban J connectivity index is 1.66. The highest BCUT2D eigenvalue weighted by atomic mass is 16.4. The molecule has 0 aromatic carbocycles. The second kappa shape index (κ2) is 4.96. The number of rotatable bonds is 4. The number of aliphatic hydroxyl groups is 1. The first-order chi connectivity index (χ1) is 9.87. The summed E-state index contributed by atoms with van der Waals surface area (Å²) >= 11 is 0. The van der Waals surface area contributed by atoms with Gasteiger partial charge in [0.2, 0.25) is 5.89 Å². The van der Waals surface area contributed by atoms with E-state index < -0.39 is 5.60 Å². The molecule has 0 saturated carbocycles. The first-order valence-corrected chi connectivity index (χ1v) is 7.22. The molecule has 1 saturated heterocycles. The summed E-state index contributed by atoms with van der Waals surface area (Å²) in [6.45, 7) is 9.69. The number of aryl methyl sites for hydroxylation is 2. The molecule has 3 rings (SSSR count). The van der Waals surface area contributed by atoms with Crippen LogP contribution >= 0.6 is 0 Å². The van der Waals surface area contributed by atoms with E-state index in [2.05, 4.69) is 15.1 Å². The first kappa shape index (κ1) is 14.3. The second-order valence-electron chi connectivity index (χ2n) is 6.23. The molecule has 1 aliphatic rings. The minimum Gasteiger partial charge on any atom is -0.466 e. The van der Waals surface area contributed by atoms with Crippen LogP contribution in [0.1, 0.15) is 31.3 Å². The standard InChI is InChI=1S/C15H21N3O3/c1-9(2)15(19)7-18(8-15)6-13-16-17-14(21-13)12-5-10(3)20-11(12)4/h5,9,19H,6-8H2,1-4H3. The van der Waals surface area contributed by atoms with Gasteiger partial charge in [0, 0.05) is 13.1 Å². The lowest BCUT2D eigenvalue weighted by Crippen LogP contribution is -2.63. The quantitative estimate of drug-likeness (QED) is 0.930. The van der Waals surface area contributed by atoms with Gasteiger partial charge in [-0.2, -0.15) is 0 Å². The van der Waals surface area contributed by atoms with Crippen LogP contribution in [-0.4, -0.2) is 38.9 Å². The van der Waals surface area contributed by atoms with Crippen LogP contribution in [0.5, 0.6) is 0 Å². The first-order valence-electron chi connectivity index (χ1n) is 7.22. The van der Waals surface area contributed by atoms with Gasteiger partial charge in [-0.15, -0.1) is 10.2 Å². The summed E-state index contributed by atoms with van der Waals surface area (Å²) < 4.78 is 11.2. The minimum absolute atomic E-state index is 0.253. The molecule has 1 fully saturated rings. The van der Waals surface area contributed by atoms with Crippen LogP contribution in [0.2, 0.25) is 0 Å². The molecule has 6 heteroatoms. The maximum Gasteiger partial charge on any atom is 0.251 e. The topological polar surface area (TPSA) is 75.5 Å². The Labute approximate surface area is 123 Å². The molecule has 6 nitrogen and oxygen atoms in total. The summed E-state index contributed by atoms with van der Waals surface area (Å²) in [6, 6.07) is 1.90. The zero-order chi connectivity index (χ0) is 15.2. The average Bonchev–Trinajstić information content (AvgIpc) is 2.93. The average molecular weight is 291 g/mol. The van der Waals surface area contributed by atoms with Gasteiger partial charge in [-0.1, -0.05) is 13.8 Å². The largest absolute Gasteiger partial charge is 0.466 e. The van der Waals surface area contributed by atoms with E-state index in [4.69, 9.17) is 8.83 Å². The number of nitrogens with zero attached hydrogens (tertiary/aromatic N) is 3. The van der Waals surface area contributed by atoms with Gasteiger partial charge in [0.05, 0.1) is 17.7 Å². The summed E-state index contributed by atoms with van der Waals surface area (Å²) in [6.07, 6.45) is 0. The summed E-state index contributed by atoms with van der Waals surface area (Å²) in [7, 11) is 0. The van der Waals surface area contributed by atoms with Crippen molar-refractivity contribution in [3.8, 4) is 11.5 Å². The molecule has 0 atom stereocenters. The van der Waals surface area contributed by atoms with Crippen molar-refractivity contribution in [2.45, 2.75) is 39.8 Å². The van der Waals surface area contributed by atoms with Gasteiger partial charge in [-0.3, -0.25) is 4.90 Å². The van der Waals surface area contributed by atoms with Crippen molar-refractivity contribution in [2.75, 3.05) is 13.1 Å². The van der Waals surface area contributed by atoms with Gasteiger partial charge in [0.1, 0.15) is 11.5 Å². The molecular formula is C15H21N3O3. The lowest BCUT2D eigenvalue weighted by atomic mass is 9.83. The normalized spacial score (nSPS) is 18.2. The van der Waals surface area contributed by atoms with Crippen molar-refractivity contribution in [1.29, 1.82) is 0 Å². The third kappa shape index (κ3) is 2.61. The molecular weight excluding hydrogens is 270 g/mol. The summed E-state index contributed by atoms with van der Waals surface area (Å²) in [5.74, 6) is 2.91. The van der Waals surface area contributed by atoms with Gasteiger partial charge in [0.15, 0.2) is 0 Å². The fraction of sp³-hybridized carbons (Fsp3) is 0.600. The SMILES string of the molecule is Cc1cc(-c2nnc(CN3CC(O)(C(C)C)C3)o2)c(C)o1. The molecule has 0 aliphatic carbocycles. The molecule has 1 N–H and O–H groups in total. The molecule has 0 bridgehead atoms. The summed E-state index contributed by atoms with van der Waals surface area (Å²) in [5, 5.41) is 18.4. The molecule has 0 amide bonds. The maximum absolute atomic E-state index is 10.2. The van der Waals surface area contributed by atoms with Gasteiger partial charge < -0.3 is 13.9 Å². The Morgan fingerprint density at radius 2 is 2.00 bits per heavy atom. The van der Waals surface area contributed by atoms with E-state index in [0.29, 0.717) is 31.4 Å².